The molecule has 2 aromatic rings. The molecule has 33 heavy (non-hydrogen) atoms. The summed E-state index contributed by atoms with van der Waals surface area (Å²) in [5.74, 6) is -1.59. The van der Waals surface area contributed by atoms with E-state index in [4.69, 9.17) is 5.26 Å². The summed E-state index contributed by atoms with van der Waals surface area (Å²) in [5, 5.41) is 14.3. The van der Waals surface area contributed by atoms with Gasteiger partial charge in [0.25, 0.3) is 11.8 Å². The Bertz CT molecular complexity index is 1160. The van der Waals surface area contributed by atoms with Crippen molar-refractivity contribution in [2.24, 2.45) is 5.10 Å². The van der Waals surface area contributed by atoms with Gasteiger partial charge in [0, 0.05) is 38.1 Å². The number of pyridine rings is 1. The molecule has 1 unspecified atom stereocenters. The van der Waals surface area contributed by atoms with Crippen molar-refractivity contribution in [2.75, 3.05) is 31.2 Å². The SMILES string of the molecule is CCN1CCN(C(=O)c2ccc(N3N=CC(c4ccc(C#N)c(F)c4C)C3=O)nc2)[C@@H](C)C1. The Morgan fingerprint density at radius 1 is 1.27 bits per heavy atom. The lowest BCUT2D eigenvalue weighted by Crippen LogP contribution is -2.53. The summed E-state index contributed by atoms with van der Waals surface area (Å²) in [4.78, 5) is 34.4. The molecule has 8 nitrogen and oxygen atoms in total. The predicted molar refractivity (Wildman–Crippen MR) is 121 cm³/mol. The van der Waals surface area contributed by atoms with Gasteiger partial charge in [0.2, 0.25) is 0 Å². The summed E-state index contributed by atoms with van der Waals surface area (Å²) in [7, 11) is 0. The van der Waals surface area contributed by atoms with Crippen LogP contribution < -0.4 is 5.01 Å². The molecule has 9 heteroatoms. The molecule has 3 heterocycles. The fraction of sp³-hybridized carbons (Fsp3) is 0.375. The van der Waals surface area contributed by atoms with Gasteiger partial charge in [0.1, 0.15) is 17.8 Å². The van der Waals surface area contributed by atoms with Crippen molar-refractivity contribution < 1.29 is 14.0 Å². The van der Waals surface area contributed by atoms with Crippen LogP contribution in [0, 0.1) is 24.1 Å². The number of benzene rings is 1. The lowest BCUT2D eigenvalue weighted by molar-refractivity contribution is -0.118. The van der Waals surface area contributed by atoms with Gasteiger partial charge < -0.3 is 4.90 Å². The third-order valence-corrected chi connectivity index (χ3v) is 6.32. The molecule has 0 N–H and O–H groups in total. The third kappa shape index (κ3) is 4.10. The standard InChI is InChI=1S/C24H25FN6O2/c1-4-29-9-10-30(15(2)14-29)23(32)18-6-8-21(27-12-18)31-24(33)20(13-28-31)19-7-5-17(11-26)22(25)16(19)3/h5-8,12-13,15,20H,4,9-10,14H2,1-3H3/t15-,20?/m0/s1. The maximum absolute atomic E-state index is 14.4. The fourth-order valence-corrected chi connectivity index (χ4v) is 4.32. The Kier molecular flexibility index (Phi) is 6.20. The number of hydrogen-bond donors (Lipinski definition) is 0. The monoisotopic (exact) mass is 448 g/mol. The smallest absolute Gasteiger partial charge is 0.261 e. The van der Waals surface area contributed by atoms with Gasteiger partial charge >= 0.3 is 0 Å². The van der Waals surface area contributed by atoms with Crippen LogP contribution in [0.4, 0.5) is 10.2 Å². The molecule has 1 aromatic carbocycles. The molecular weight excluding hydrogens is 423 g/mol. The lowest BCUT2D eigenvalue weighted by atomic mass is 9.93. The Labute approximate surface area is 191 Å². The highest BCUT2D eigenvalue weighted by atomic mass is 19.1. The van der Waals surface area contributed by atoms with Crippen LogP contribution in [0.5, 0.6) is 0 Å². The minimum absolute atomic E-state index is 0.0668. The Morgan fingerprint density at radius 2 is 2.06 bits per heavy atom. The fourth-order valence-electron chi connectivity index (χ4n) is 4.32. The number of rotatable bonds is 4. The molecule has 1 aromatic heterocycles. The maximum atomic E-state index is 14.4. The third-order valence-electron chi connectivity index (χ3n) is 6.32. The average molecular weight is 449 g/mol. The minimum atomic E-state index is -0.772. The van der Waals surface area contributed by atoms with Gasteiger partial charge in [-0.25, -0.2) is 9.37 Å². The van der Waals surface area contributed by atoms with E-state index in [0.717, 1.165) is 24.6 Å². The molecule has 1 fully saturated rings. The first-order valence-corrected chi connectivity index (χ1v) is 10.9. The largest absolute Gasteiger partial charge is 0.333 e. The van der Waals surface area contributed by atoms with Crippen LogP contribution in [0.15, 0.2) is 35.6 Å². The van der Waals surface area contributed by atoms with Crippen molar-refractivity contribution in [1.82, 2.24) is 14.8 Å². The number of nitriles is 1. The summed E-state index contributed by atoms with van der Waals surface area (Å²) in [6, 6.07) is 8.07. The number of carbonyl (C=O) groups excluding carboxylic acids is 2. The molecule has 2 atom stereocenters. The lowest BCUT2D eigenvalue weighted by Gasteiger charge is -2.39. The van der Waals surface area contributed by atoms with Crippen LogP contribution in [0.3, 0.4) is 0 Å². The second-order valence-electron chi connectivity index (χ2n) is 8.29. The number of aromatic nitrogens is 1. The first kappa shape index (κ1) is 22.6. The van der Waals surface area contributed by atoms with E-state index in [2.05, 4.69) is 21.9 Å². The molecule has 0 spiro atoms. The van der Waals surface area contributed by atoms with E-state index in [1.165, 1.54) is 25.4 Å². The average Bonchev–Trinajstić information content (AvgIpc) is 3.21. The van der Waals surface area contributed by atoms with E-state index in [-0.39, 0.29) is 34.8 Å². The van der Waals surface area contributed by atoms with Crippen molar-refractivity contribution in [3.8, 4) is 6.07 Å². The summed E-state index contributed by atoms with van der Waals surface area (Å²) < 4.78 is 14.4. The zero-order valence-corrected chi connectivity index (χ0v) is 18.8. The van der Waals surface area contributed by atoms with Crippen molar-refractivity contribution in [3.05, 3.63) is 58.5 Å². The molecule has 0 bridgehead atoms. The summed E-state index contributed by atoms with van der Waals surface area (Å²) >= 11 is 0. The minimum Gasteiger partial charge on any atom is -0.333 e. The number of nitrogens with zero attached hydrogens (tertiary/aromatic N) is 6. The molecular formula is C24H25FN6O2. The molecule has 2 aliphatic rings. The summed E-state index contributed by atoms with van der Waals surface area (Å²) in [5.41, 5.74) is 1.08. The second kappa shape index (κ2) is 9.08. The van der Waals surface area contributed by atoms with Gasteiger partial charge in [-0.3, -0.25) is 14.5 Å². The molecule has 4 rings (SSSR count). The second-order valence-corrected chi connectivity index (χ2v) is 8.29. The maximum Gasteiger partial charge on any atom is 0.261 e. The summed E-state index contributed by atoms with van der Waals surface area (Å²) in [6.07, 6.45) is 2.89. The van der Waals surface area contributed by atoms with Crippen LogP contribution in [0.25, 0.3) is 0 Å². The molecule has 2 amide bonds. The quantitative estimate of drug-likeness (QED) is 0.717. The van der Waals surface area contributed by atoms with Crippen LogP contribution in [-0.4, -0.2) is 65.0 Å². The van der Waals surface area contributed by atoms with Crippen LogP contribution in [0.1, 0.15) is 46.8 Å². The van der Waals surface area contributed by atoms with Crippen LogP contribution >= 0.6 is 0 Å². The van der Waals surface area contributed by atoms with Crippen molar-refractivity contribution in [1.29, 1.82) is 5.26 Å². The van der Waals surface area contributed by atoms with Gasteiger partial charge in [0.05, 0.1) is 11.1 Å². The number of anilines is 1. The first-order valence-electron chi connectivity index (χ1n) is 10.9. The molecule has 0 aliphatic carbocycles. The van der Waals surface area contributed by atoms with Gasteiger partial charge in [-0.2, -0.15) is 15.4 Å². The van der Waals surface area contributed by atoms with Crippen molar-refractivity contribution >= 4 is 23.8 Å². The van der Waals surface area contributed by atoms with Gasteiger partial charge in [-0.15, -0.1) is 0 Å². The Hall–Kier alpha value is -3.64. The predicted octanol–water partition coefficient (Wildman–Crippen LogP) is 2.68. The van der Waals surface area contributed by atoms with E-state index >= 15 is 0 Å². The van der Waals surface area contributed by atoms with E-state index < -0.39 is 11.7 Å². The normalized spacial score (nSPS) is 20.9. The number of piperazine rings is 1. The van der Waals surface area contributed by atoms with Gasteiger partial charge in [-0.1, -0.05) is 13.0 Å². The number of carbonyl (C=O) groups is 2. The Balaban J connectivity index is 1.49. The van der Waals surface area contributed by atoms with E-state index in [1.807, 2.05) is 11.8 Å². The van der Waals surface area contributed by atoms with Crippen LogP contribution in [-0.2, 0) is 4.79 Å². The molecule has 170 valence electrons. The first-order chi connectivity index (χ1) is 15.8. The molecule has 2 aliphatic heterocycles. The van der Waals surface area contributed by atoms with E-state index in [9.17, 15) is 14.0 Å². The van der Waals surface area contributed by atoms with Crippen molar-refractivity contribution in [2.45, 2.75) is 32.7 Å². The van der Waals surface area contributed by atoms with Crippen LogP contribution in [0.2, 0.25) is 0 Å². The highest BCUT2D eigenvalue weighted by Crippen LogP contribution is 2.30. The molecule has 0 radical (unpaired) electrons. The highest BCUT2D eigenvalue weighted by molar-refractivity contribution is 6.12. The number of hydrogen-bond acceptors (Lipinski definition) is 6. The highest BCUT2D eigenvalue weighted by Gasteiger charge is 2.34. The summed E-state index contributed by atoms with van der Waals surface area (Å²) in [6.45, 7) is 8.98. The topological polar surface area (TPSA) is 92.9 Å². The van der Waals surface area contributed by atoms with Gasteiger partial charge in [0.15, 0.2) is 5.82 Å². The van der Waals surface area contributed by atoms with Gasteiger partial charge in [-0.05, 0) is 49.7 Å². The molecule has 0 saturated carbocycles. The van der Waals surface area contributed by atoms with E-state index in [0.29, 0.717) is 17.7 Å². The molecule has 1 saturated heterocycles. The van der Waals surface area contributed by atoms with Crippen molar-refractivity contribution in [3.63, 3.8) is 0 Å². The van der Waals surface area contributed by atoms with E-state index in [1.54, 1.807) is 24.3 Å². The number of amides is 2. The number of likely N-dealkylation sites (N-methyl/N-ethyl adjacent to an activating group) is 1. The number of hydrazone groups is 1. The zero-order chi connectivity index (χ0) is 23.7. The zero-order valence-electron chi connectivity index (χ0n) is 18.8. The Morgan fingerprint density at radius 3 is 2.70 bits per heavy atom. The number of halogens is 1.